The Kier molecular flexibility index (Phi) is 15.4. The van der Waals surface area contributed by atoms with E-state index in [-0.39, 0.29) is 0 Å². The van der Waals surface area contributed by atoms with Gasteiger partial charge in [0.15, 0.2) is 0 Å². The first kappa shape index (κ1) is 23.5. The summed E-state index contributed by atoms with van der Waals surface area (Å²) in [6.07, 6.45) is 12.8. The Morgan fingerprint density at radius 3 is 1.00 bits per heavy atom. The van der Waals surface area contributed by atoms with Crippen molar-refractivity contribution in [1.82, 2.24) is 0 Å². The molecule has 0 rings (SSSR count). The molecule has 0 spiro atoms. The Bertz CT molecular complexity index is 212. The molecule has 128 valence electrons. The fourth-order valence-electron chi connectivity index (χ4n) is 2.54. The minimum absolute atomic E-state index is 1.28. The average Bonchev–Trinajstić information content (AvgIpc) is 2.47. The van der Waals surface area contributed by atoms with E-state index in [1.54, 1.807) is 0 Å². The van der Waals surface area contributed by atoms with Gasteiger partial charge in [0.05, 0.1) is 0 Å². The van der Waals surface area contributed by atoms with Gasteiger partial charge in [0, 0.05) is 0 Å². The van der Waals surface area contributed by atoms with Crippen molar-refractivity contribution >= 4 is 55.7 Å². The first-order valence-corrected chi connectivity index (χ1v) is 32.1. The van der Waals surface area contributed by atoms with Gasteiger partial charge in [-0.2, -0.15) is 0 Å². The van der Waals surface area contributed by atoms with E-state index in [4.69, 9.17) is 17.8 Å². The van der Waals surface area contributed by atoms with E-state index in [1.165, 1.54) is 69.1 Å². The number of unbranched alkanes of at least 4 members (excludes halogenated alkanes) is 4. The second-order valence-corrected chi connectivity index (χ2v) is 58.9. The molecule has 0 aromatic heterocycles. The Balaban J connectivity index is 4.80. The van der Waals surface area contributed by atoms with E-state index in [2.05, 4.69) is 33.8 Å². The third kappa shape index (κ3) is 11.7. The predicted molar refractivity (Wildman–Crippen MR) is 110 cm³/mol. The average molecular weight is 569 g/mol. The molecule has 0 bridgehead atoms. The molecule has 0 amide bonds. The molecule has 0 atom stereocenters. The standard InChI is InChI=1S/4C4H9.2ClH.S.2Sn/c4*1-3-4-2;;;;;/h4*1,3-4H2,2H3;2*1H;;;/q;;;;;;;2*+1/p-2. The van der Waals surface area contributed by atoms with Gasteiger partial charge < -0.3 is 0 Å². The SMILES string of the molecule is CCC[CH2][Sn]([Cl])([CH2]CCC)[S][Sn]([Cl])([CH2]CCC)[CH2]CCC. The molecule has 0 saturated carbocycles. The van der Waals surface area contributed by atoms with Crippen LogP contribution in [0.3, 0.4) is 0 Å². The number of rotatable bonds is 14. The van der Waals surface area contributed by atoms with Gasteiger partial charge in [-0.15, -0.1) is 0 Å². The van der Waals surface area contributed by atoms with Gasteiger partial charge in [0.1, 0.15) is 0 Å². The van der Waals surface area contributed by atoms with Crippen molar-refractivity contribution in [2.75, 3.05) is 0 Å². The van der Waals surface area contributed by atoms with Crippen LogP contribution < -0.4 is 0 Å². The predicted octanol–water partition coefficient (Wildman–Crippen LogP) is 8.28. The van der Waals surface area contributed by atoms with E-state index in [1.807, 2.05) is 0 Å². The van der Waals surface area contributed by atoms with Gasteiger partial charge in [-0.1, -0.05) is 0 Å². The molecular formula is C16H36Cl2SSn2. The van der Waals surface area contributed by atoms with Gasteiger partial charge in [-0.3, -0.25) is 0 Å². The van der Waals surface area contributed by atoms with Gasteiger partial charge >= 0.3 is 153 Å². The van der Waals surface area contributed by atoms with E-state index in [0.29, 0.717) is 0 Å². The van der Waals surface area contributed by atoms with Gasteiger partial charge in [0.25, 0.3) is 0 Å². The van der Waals surface area contributed by atoms with Crippen LogP contribution in [0.4, 0.5) is 0 Å². The molecule has 0 N–H and O–H groups in total. The van der Waals surface area contributed by atoms with Crippen LogP contribution in [0.2, 0.25) is 17.7 Å². The Labute approximate surface area is 151 Å². The fourth-order valence-corrected chi connectivity index (χ4v) is 138. The molecule has 0 aliphatic heterocycles. The summed E-state index contributed by atoms with van der Waals surface area (Å²) in [7, 11) is 14.6. The minimum atomic E-state index is -2.50. The summed E-state index contributed by atoms with van der Waals surface area (Å²) in [6, 6.07) is 0. The Hall–Kier alpha value is 2.53. The van der Waals surface area contributed by atoms with Crippen LogP contribution in [0, 0.1) is 0 Å². The summed E-state index contributed by atoms with van der Waals surface area (Å²) >= 11 is -5.00. The number of halogens is 2. The molecule has 0 aromatic rings. The molecule has 0 aliphatic rings. The summed E-state index contributed by atoms with van der Waals surface area (Å²) in [5, 5.41) is 0. The van der Waals surface area contributed by atoms with Crippen molar-refractivity contribution in [3.05, 3.63) is 0 Å². The summed E-state index contributed by atoms with van der Waals surface area (Å²) < 4.78 is 5.39. The van der Waals surface area contributed by atoms with E-state index < -0.39 is 31.7 Å². The van der Waals surface area contributed by atoms with Crippen LogP contribution in [0.25, 0.3) is 0 Å². The van der Waals surface area contributed by atoms with Crippen LogP contribution in [0.5, 0.6) is 0 Å². The van der Waals surface area contributed by atoms with Crippen molar-refractivity contribution < 1.29 is 0 Å². The molecule has 0 aliphatic carbocycles. The molecule has 0 radical (unpaired) electrons. The third-order valence-electron chi connectivity index (χ3n) is 3.98. The van der Waals surface area contributed by atoms with Crippen LogP contribution >= 0.6 is 24.0 Å². The van der Waals surface area contributed by atoms with Gasteiger partial charge in [-0.05, 0) is 0 Å². The molecular weight excluding hydrogens is 533 g/mol. The van der Waals surface area contributed by atoms with Crippen LogP contribution in [0.15, 0.2) is 0 Å². The summed E-state index contributed by atoms with van der Waals surface area (Å²) in [4.78, 5) is 0. The maximum absolute atomic E-state index is 7.28. The molecule has 0 aromatic carbocycles. The molecule has 0 fully saturated rings. The molecule has 0 unspecified atom stereocenters. The fraction of sp³-hybridized carbons (Fsp3) is 1.00. The monoisotopic (exact) mass is 570 g/mol. The molecule has 0 heterocycles. The summed E-state index contributed by atoms with van der Waals surface area (Å²) in [6.45, 7) is 9.16. The van der Waals surface area contributed by atoms with Crippen molar-refractivity contribution in [1.29, 1.82) is 0 Å². The van der Waals surface area contributed by atoms with E-state index >= 15 is 0 Å². The molecule has 21 heavy (non-hydrogen) atoms. The zero-order valence-corrected chi connectivity index (χ0v) is 22.7. The van der Waals surface area contributed by atoms with Crippen molar-refractivity contribution in [3.63, 3.8) is 0 Å². The van der Waals surface area contributed by atoms with E-state index in [9.17, 15) is 0 Å². The van der Waals surface area contributed by atoms with Gasteiger partial charge in [0.2, 0.25) is 0 Å². The quantitative estimate of drug-likeness (QED) is 0.190. The first-order chi connectivity index (χ1) is 9.95. The zero-order chi connectivity index (χ0) is 16.2. The Morgan fingerprint density at radius 2 is 0.810 bits per heavy atom. The summed E-state index contributed by atoms with van der Waals surface area (Å²) in [5.41, 5.74) is 0. The number of hydrogen-bond donors (Lipinski definition) is 0. The van der Waals surface area contributed by atoms with Gasteiger partial charge in [-0.25, -0.2) is 0 Å². The second-order valence-electron chi connectivity index (χ2n) is 6.28. The summed E-state index contributed by atoms with van der Waals surface area (Å²) in [5.74, 6) is 0. The van der Waals surface area contributed by atoms with Crippen LogP contribution in [-0.4, -0.2) is 31.7 Å². The zero-order valence-electron chi connectivity index (χ0n) is 14.6. The van der Waals surface area contributed by atoms with Crippen molar-refractivity contribution in [2.24, 2.45) is 0 Å². The van der Waals surface area contributed by atoms with Crippen molar-refractivity contribution in [3.8, 4) is 0 Å². The van der Waals surface area contributed by atoms with E-state index in [0.717, 1.165) is 0 Å². The topological polar surface area (TPSA) is 0 Å². The van der Waals surface area contributed by atoms with Crippen LogP contribution in [0.1, 0.15) is 79.1 Å². The molecule has 0 nitrogen and oxygen atoms in total. The normalized spacial score (nSPS) is 12.9. The van der Waals surface area contributed by atoms with Crippen LogP contribution in [-0.2, 0) is 0 Å². The second kappa shape index (κ2) is 13.8. The van der Waals surface area contributed by atoms with Crippen molar-refractivity contribution in [2.45, 2.75) is 96.8 Å². The first-order valence-electron chi connectivity index (χ1n) is 9.03. The number of hydrogen-bond acceptors (Lipinski definition) is 1. The third-order valence-corrected chi connectivity index (χ3v) is 96.9. The maximum atomic E-state index is 7.28. The molecule has 0 saturated heterocycles. The Morgan fingerprint density at radius 1 is 0.571 bits per heavy atom. The molecule has 5 heteroatoms.